The summed E-state index contributed by atoms with van der Waals surface area (Å²) in [5.41, 5.74) is 1.72. The van der Waals surface area contributed by atoms with E-state index in [1.807, 2.05) is 11.8 Å². The largest absolute Gasteiger partial charge is 0.345 e. The number of piperazine rings is 1. The van der Waals surface area contributed by atoms with Crippen molar-refractivity contribution in [2.24, 2.45) is 5.92 Å². The lowest BCUT2D eigenvalue weighted by atomic mass is 9.90. The lowest BCUT2D eigenvalue weighted by Crippen LogP contribution is -2.48. The zero-order chi connectivity index (χ0) is 20.4. The molecule has 2 heterocycles. The van der Waals surface area contributed by atoms with Crippen molar-refractivity contribution in [1.82, 2.24) is 9.88 Å². The molecule has 1 saturated heterocycles. The molecule has 29 heavy (non-hydrogen) atoms. The Morgan fingerprint density at radius 2 is 1.93 bits per heavy atom. The zero-order valence-corrected chi connectivity index (χ0v) is 17.3. The number of aryl methyl sites for hydroxylation is 1. The van der Waals surface area contributed by atoms with Gasteiger partial charge >= 0.3 is 0 Å². The molecule has 0 unspecified atom stereocenters. The van der Waals surface area contributed by atoms with Gasteiger partial charge in [-0.25, -0.2) is 9.37 Å². The Labute approximate surface area is 173 Å². The van der Waals surface area contributed by atoms with Crippen LogP contribution in [0.4, 0.5) is 15.2 Å². The van der Waals surface area contributed by atoms with E-state index in [1.54, 1.807) is 23.5 Å². The quantitative estimate of drug-likeness (QED) is 0.832. The van der Waals surface area contributed by atoms with E-state index in [0.29, 0.717) is 18.5 Å². The van der Waals surface area contributed by atoms with Gasteiger partial charge in [-0.15, -0.1) is 11.3 Å². The SMILES string of the molecule is CCC(=O)N1CCN(c2nc3c(s2)C[C@H](C(=O)Nc2ccc(F)cc2)CC3)CC1. The Morgan fingerprint density at radius 3 is 2.62 bits per heavy atom. The summed E-state index contributed by atoms with van der Waals surface area (Å²) in [6, 6.07) is 5.85. The molecule has 1 aliphatic heterocycles. The number of aromatic nitrogens is 1. The molecule has 2 amide bonds. The molecule has 1 N–H and O–H groups in total. The van der Waals surface area contributed by atoms with Crippen molar-refractivity contribution >= 4 is 34.0 Å². The van der Waals surface area contributed by atoms with Crippen LogP contribution in [0, 0.1) is 11.7 Å². The monoisotopic (exact) mass is 416 g/mol. The summed E-state index contributed by atoms with van der Waals surface area (Å²) in [5.74, 6) is -0.232. The van der Waals surface area contributed by atoms with Crippen LogP contribution in [0.15, 0.2) is 24.3 Å². The molecular weight excluding hydrogens is 391 g/mol. The standard InChI is InChI=1S/C21H25FN4O2S/c1-2-19(27)25-9-11-26(12-10-25)21-24-17-8-3-14(13-18(17)29-21)20(28)23-16-6-4-15(22)5-7-16/h4-7,14H,2-3,8-13H2,1H3,(H,23,28)/t14-/m1/s1. The number of carbonyl (C=O) groups is 2. The second kappa shape index (κ2) is 8.49. The van der Waals surface area contributed by atoms with Crippen molar-refractivity contribution < 1.29 is 14.0 Å². The normalized spacial score (nSPS) is 19.0. The Balaban J connectivity index is 1.37. The molecule has 154 valence electrons. The van der Waals surface area contributed by atoms with E-state index in [9.17, 15) is 14.0 Å². The molecule has 1 fully saturated rings. The van der Waals surface area contributed by atoms with E-state index in [-0.39, 0.29) is 23.5 Å². The third-order valence-electron chi connectivity index (χ3n) is 5.62. The molecule has 1 aliphatic carbocycles. The van der Waals surface area contributed by atoms with Crippen LogP contribution in [0.2, 0.25) is 0 Å². The van der Waals surface area contributed by atoms with Crippen LogP contribution in [0.5, 0.6) is 0 Å². The molecule has 1 atom stereocenters. The number of anilines is 2. The fourth-order valence-electron chi connectivity index (χ4n) is 3.87. The van der Waals surface area contributed by atoms with E-state index in [1.165, 1.54) is 17.0 Å². The fourth-order valence-corrected chi connectivity index (χ4v) is 5.11. The second-order valence-electron chi connectivity index (χ2n) is 7.52. The second-order valence-corrected chi connectivity index (χ2v) is 8.59. The average Bonchev–Trinajstić information content (AvgIpc) is 3.18. The number of benzene rings is 1. The van der Waals surface area contributed by atoms with Gasteiger partial charge in [0, 0.05) is 49.1 Å². The van der Waals surface area contributed by atoms with Crippen LogP contribution in [-0.2, 0) is 22.4 Å². The minimum Gasteiger partial charge on any atom is -0.345 e. The van der Waals surface area contributed by atoms with Gasteiger partial charge in [0.2, 0.25) is 11.8 Å². The average molecular weight is 417 g/mol. The molecule has 1 aromatic heterocycles. The number of hydrogen-bond acceptors (Lipinski definition) is 5. The Bertz CT molecular complexity index is 891. The Morgan fingerprint density at radius 1 is 1.21 bits per heavy atom. The summed E-state index contributed by atoms with van der Waals surface area (Å²) in [6.45, 7) is 4.96. The molecule has 6 nitrogen and oxygen atoms in total. The molecule has 1 aromatic carbocycles. The van der Waals surface area contributed by atoms with Crippen LogP contribution >= 0.6 is 11.3 Å². The first-order chi connectivity index (χ1) is 14.0. The minimum absolute atomic E-state index is 0.0242. The first kappa shape index (κ1) is 19.8. The molecule has 0 saturated carbocycles. The zero-order valence-electron chi connectivity index (χ0n) is 16.5. The Kier molecular flexibility index (Phi) is 5.80. The van der Waals surface area contributed by atoms with E-state index >= 15 is 0 Å². The number of halogens is 1. The predicted octanol–water partition coefficient (Wildman–Crippen LogP) is 3.08. The fraction of sp³-hybridized carbons (Fsp3) is 0.476. The molecule has 2 aliphatic rings. The molecule has 0 bridgehead atoms. The summed E-state index contributed by atoms with van der Waals surface area (Å²) in [5, 5.41) is 3.89. The predicted molar refractivity (Wildman–Crippen MR) is 112 cm³/mol. The van der Waals surface area contributed by atoms with Crippen LogP contribution in [0.25, 0.3) is 0 Å². The van der Waals surface area contributed by atoms with Crippen molar-refractivity contribution in [2.45, 2.75) is 32.6 Å². The van der Waals surface area contributed by atoms with Gasteiger partial charge in [-0.3, -0.25) is 9.59 Å². The minimum atomic E-state index is -0.317. The molecule has 0 radical (unpaired) electrons. The van der Waals surface area contributed by atoms with Crippen LogP contribution in [0.1, 0.15) is 30.3 Å². The van der Waals surface area contributed by atoms with Crippen molar-refractivity contribution in [3.8, 4) is 0 Å². The van der Waals surface area contributed by atoms with Crippen LogP contribution in [0.3, 0.4) is 0 Å². The summed E-state index contributed by atoms with van der Waals surface area (Å²) < 4.78 is 13.0. The highest BCUT2D eigenvalue weighted by atomic mass is 32.1. The van der Waals surface area contributed by atoms with Crippen molar-refractivity contribution in [3.63, 3.8) is 0 Å². The first-order valence-corrected chi connectivity index (χ1v) is 10.9. The van der Waals surface area contributed by atoms with Gasteiger partial charge in [-0.1, -0.05) is 6.92 Å². The maximum atomic E-state index is 13.0. The number of amides is 2. The molecule has 8 heteroatoms. The summed E-state index contributed by atoms with van der Waals surface area (Å²) in [7, 11) is 0. The topological polar surface area (TPSA) is 65.5 Å². The van der Waals surface area contributed by atoms with Gasteiger partial charge in [-0.05, 0) is 43.5 Å². The molecule has 4 rings (SSSR count). The van der Waals surface area contributed by atoms with Gasteiger partial charge in [0.1, 0.15) is 5.82 Å². The molecular formula is C21H25FN4O2S. The van der Waals surface area contributed by atoms with E-state index < -0.39 is 0 Å². The number of rotatable bonds is 4. The van der Waals surface area contributed by atoms with Crippen LogP contribution in [-0.4, -0.2) is 47.9 Å². The van der Waals surface area contributed by atoms with E-state index in [4.69, 9.17) is 4.98 Å². The van der Waals surface area contributed by atoms with Gasteiger partial charge < -0.3 is 15.1 Å². The number of nitrogens with one attached hydrogen (secondary N) is 1. The maximum absolute atomic E-state index is 13.0. The smallest absolute Gasteiger partial charge is 0.227 e. The van der Waals surface area contributed by atoms with Crippen molar-refractivity contribution in [3.05, 3.63) is 40.7 Å². The number of hydrogen-bond donors (Lipinski definition) is 1. The molecule has 2 aromatic rings. The van der Waals surface area contributed by atoms with Crippen molar-refractivity contribution in [2.75, 3.05) is 36.4 Å². The van der Waals surface area contributed by atoms with Crippen molar-refractivity contribution in [1.29, 1.82) is 0 Å². The summed E-state index contributed by atoms with van der Waals surface area (Å²) >= 11 is 1.67. The number of nitrogens with zero attached hydrogens (tertiary/aromatic N) is 3. The Hall–Kier alpha value is -2.48. The van der Waals surface area contributed by atoms with E-state index in [2.05, 4.69) is 10.2 Å². The third kappa shape index (κ3) is 4.42. The van der Waals surface area contributed by atoms with Gasteiger partial charge in [0.25, 0.3) is 0 Å². The first-order valence-electron chi connectivity index (χ1n) is 10.1. The van der Waals surface area contributed by atoms with E-state index in [0.717, 1.165) is 49.8 Å². The van der Waals surface area contributed by atoms with Gasteiger partial charge in [-0.2, -0.15) is 0 Å². The number of fused-ring (bicyclic) bond motifs is 1. The number of carbonyl (C=O) groups excluding carboxylic acids is 2. The lowest BCUT2D eigenvalue weighted by Gasteiger charge is -2.34. The maximum Gasteiger partial charge on any atom is 0.227 e. The highest BCUT2D eigenvalue weighted by Gasteiger charge is 2.29. The molecule has 0 spiro atoms. The summed E-state index contributed by atoms with van der Waals surface area (Å²) in [4.78, 5) is 34.6. The third-order valence-corrected chi connectivity index (χ3v) is 6.80. The van der Waals surface area contributed by atoms with Crippen LogP contribution < -0.4 is 10.2 Å². The highest BCUT2D eigenvalue weighted by molar-refractivity contribution is 7.15. The number of thiazole rings is 1. The summed E-state index contributed by atoms with van der Waals surface area (Å²) in [6.07, 6.45) is 2.80. The van der Waals surface area contributed by atoms with Gasteiger partial charge in [0.15, 0.2) is 5.13 Å². The lowest BCUT2D eigenvalue weighted by molar-refractivity contribution is -0.131. The van der Waals surface area contributed by atoms with Gasteiger partial charge in [0.05, 0.1) is 5.69 Å². The highest BCUT2D eigenvalue weighted by Crippen LogP contribution is 2.35.